The van der Waals surface area contributed by atoms with Crippen molar-refractivity contribution >= 4 is 21.2 Å². The van der Waals surface area contributed by atoms with Crippen LogP contribution >= 0.6 is 0 Å². The molecular formula is C19H28O4S. The molecule has 2 rings (SSSR count). The summed E-state index contributed by atoms with van der Waals surface area (Å²) >= 11 is 0. The summed E-state index contributed by atoms with van der Waals surface area (Å²) in [6.45, 7) is 6.86. The zero-order valence-corrected chi connectivity index (χ0v) is 15.6. The van der Waals surface area contributed by atoms with E-state index in [0.29, 0.717) is 0 Å². The molecule has 4 nitrogen and oxygen atoms in total. The molecular weight excluding hydrogens is 324 g/mol. The Morgan fingerprint density at radius 2 is 1.33 bits per heavy atom. The Hall–Kier alpha value is -1.43. The van der Waals surface area contributed by atoms with Gasteiger partial charge in [0.15, 0.2) is 0 Å². The Balaban J connectivity index is 0.000000505. The second-order valence-corrected chi connectivity index (χ2v) is 6.81. The van der Waals surface area contributed by atoms with Gasteiger partial charge >= 0.3 is 10.4 Å². The molecule has 0 aliphatic rings. The van der Waals surface area contributed by atoms with Crippen molar-refractivity contribution in [3.63, 3.8) is 0 Å². The molecule has 0 aliphatic heterocycles. The van der Waals surface area contributed by atoms with E-state index in [1.54, 1.807) is 16.7 Å². The van der Waals surface area contributed by atoms with E-state index in [-0.39, 0.29) is 0 Å². The fourth-order valence-corrected chi connectivity index (χ4v) is 3.12. The fraction of sp³-hybridized carbons (Fsp3) is 0.474. The van der Waals surface area contributed by atoms with E-state index in [4.69, 9.17) is 17.5 Å². The van der Waals surface area contributed by atoms with E-state index >= 15 is 0 Å². The largest absolute Gasteiger partial charge is 0.394 e. The molecule has 0 amide bonds. The van der Waals surface area contributed by atoms with Crippen LogP contribution < -0.4 is 0 Å². The Morgan fingerprint density at radius 1 is 0.833 bits per heavy atom. The number of aryl methyl sites for hydroxylation is 2. The van der Waals surface area contributed by atoms with Crippen LogP contribution in [0.2, 0.25) is 0 Å². The summed E-state index contributed by atoms with van der Waals surface area (Å²) < 4.78 is 31.6. The van der Waals surface area contributed by atoms with Crippen molar-refractivity contribution in [1.82, 2.24) is 0 Å². The van der Waals surface area contributed by atoms with Crippen molar-refractivity contribution in [2.24, 2.45) is 0 Å². The number of rotatable bonds is 6. The quantitative estimate of drug-likeness (QED) is 0.714. The average molecular weight is 352 g/mol. The number of benzene rings is 2. The highest BCUT2D eigenvalue weighted by Gasteiger charge is 2.11. The van der Waals surface area contributed by atoms with Crippen LogP contribution in [-0.4, -0.2) is 17.5 Å². The molecule has 0 saturated heterocycles. The predicted octanol–water partition coefficient (Wildman–Crippen LogP) is 5.04. The lowest BCUT2D eigenvalue weighted by atomic mass is 9.88. The zero-order chi connectivity index (χ0) is 18.2. The van der Waals surface area contributed by atoms with Crippen LogP contribution in [0.25, 0.3) is 10.8 Å². The number of hydrogen-bond acceptors (Lipinski definition) is 2. The lowest BCUT2D eigenvalue weighted by Crippen LogP contribution is -2.02. The molecule has 5 heteroatoms. The van der Waals surface area contributed by atoms with Crippen molar-refractivity contribution < 1.29 is 17.5 Å². The smallest absolute Gasteiger partial charge is 0.264 e. The van der Waals surface area contributed by atoms with E-state index in [1.807, 2.05) is 0 Å². The van der Waals surface area contributed by atoms with Gasteiger partial charge in [-0.15, -0.1) is 0 Å². The summed E-state index contributed by atoms with van der Waals surface area (Å²) in [4.78, 5) is 0. The van der Waals surface area contributed by atoms with Gasteiger partial charge in [0.05, 0.1) is 0 Å². The van der Waals surface area contributed by atoms with Crippen LogP contribution in [0.4, 0.5) is 0 Å². The van der Waals surface area contributed by atoms with Crippen molar-refractivity contribution in [2.75, 3.05) is 0 Å². The Bertz CT molecular complexity index is 743. The first-order valence-corrected chi connectivity index (χ1v) is 9.93. The maximum absolute atomic E-state index is 8.74. The summed E-state index contributed by atoms with van der Waals surface area (Å²) in [6.07, 6.45) is 7.38. The predicted molar refractivity (Wildman–Crippen MR) is 100 cm³/mol. The van der Waals surface area contributed by atoms with Crippen LogP contribution in [0, 0.1) is 0 Å². The highest BCUT2D eigenvalue weighted by atomic mass is 32.3. The molecule has 0 atom stereocenters. The van der Waals surface area contributed by atoms with E-state index in [1.165, 1.54) is 49.3 Å². The van der Waals surface area contributed by atoms with Gasteiger partial charge in [-0.3, -0.25) is 9.11 Å². The summed E-state index contributed by atoms with van der Waals surface area (Å²) in [5.41, 5.74) is 4.85. The number of fused-ring (bicyclic) bond motifs is 1. The van der Waals surface area contributed by atoms with Gasteiger partial charge in [0, 0.05) is 0 Å². The van der Waals surface area contributed by atoms with Crippen LogP contribution in [0.15, 0.2) is 30.3 Å². The molecule has 134 valence electrons. The minimum atomic E-state index is -4.67. The second-order valence-electron chi connectivity index (χ2n) is 5.91. The highest BCUT2D eigenvalue weighted by molar-refractivity contribution is 7.79. The van der Waals surface area contributed by atoms with Gasteiger partial charge in [0.1, 0.15) is 0 Å². The molecule has 0 spiro atoms. The van der Waals surface area contributed by atoms with Crippen molar-refractivity contribution in [2.45, 2.75) is 59.3 Å². The molecule has 2 N–H and O–H groups in total. The summed E-state index contributed by atoms with van der Waals surface area (Å²) in [7, 11) is -4.67. The lowest BCUT2D eigenvalue weighted by molar-refractivity contribution is 0.381. The first-order chi connectivity index (χ1) is 11.3. The van der Waals surface area contributed by atoms with Crippen molar-refractivity contribution in [1.29, 1.82) is 0 Å². The normalized spacial score (nSPS) is 11.2. The van der Waals surface area contributed by atoms with Gasteiger partial charge in [-0.2, -0.15) is 8.42 Å². The molecule has 0 aliphatic carbocycles. The monoisotopic (exact) mass is 352 g/mol. The number of hydrogen-bond donors (Lipinski definition) is 2. The molecule has 24 heavy (non-hydrogen) atoms. The molecule has 0 heterocycles. The van der Waals surface area contributed by atoms with E-state index in [0.717, 1.165) is 0 Å². The van der Waals surface area contributed by atoms with Gasteiger partial charge in [0.2, 0.25) is 0 Å². The van der Waals surface area contributed by atoms with Crippen LogP contribution in [0.3, 0.4) is 0 Å². The molecule has 0 radical (unpaired) electrons. The average Bonchev–Trinajstić information content (AvgIpc) is 2.49. The zero-order valence-electron chi connectivity index (χ0n) is 14.7. The van der Waals surface area contributed by atoms with Gasteiger partial charge in [-0.1, -0.05) is 70.4 Å². The van der Waals surface area contributed by atoms with Gasteiger partial charge in [-0.25, -0.2) is 0 Å². The Labute approximate surface area is 145 Å². The minimum Gasteiger partial charge on any atom is -0.264 e. The van der Waals surface area contributed by atoms with E-state index in [9.17, 15) is 0 Å². The third-order valence-electron chi connectivity index (χ3n) is 3.89. The fourth-order valence-electron chi connectivity index (χ4n) is 3.12. The van der Waals surface area contributed by atoms with Crippen molar-refractivity contribution in [3.05, 3.63) is 47.0 Å². The highest BCUT2D eigenvalue weighted by Crippen LogP contribution is 2.29. The minimum absolute atomic E-state index is 1.22. The summed E-state index contributed by atoms with van der Waals surface area (Å²) in [5.74, 6) is 0. The first kappa shape index (κ1) is 20.6. The molecule has 2 aromatic rings. The van der Waals surface area contributed by atoms with E-state index in [2.05, 4.69) is 51.1 Å². The Kier molecular flexibility index (Phi) is 8.39. The maximum atomic E-state index is 8.74. The molecule has 2 aromatic carbocycles. The topological polar surface area (TPSA) is 74.6 Å². The van der Waals surface area contributed by atoms with Gasteiger partial charge in [-0.05, 0) is 46.7 Å². The SMILES string of the molecule is CCCc1cc2ccccc2c(CCC)c1CCC.O=S(=O)(O)O. The van der Waals surface area contributed by atoms with Crippen LogP contribution in [0.5, 0.6) is 0 Å². The lowest BCUT2D eigenvalue weighted by Gasteiger charge is -2.17. The van der Waals surface area contributed by atoms with Crippen LogP contribution in [-0.2, 0) is 29.7 Å². The van der Waals surface area contributed by atoms with E-state index < -0.39 is 10.4 Å². The third-order valence-corrected chi connectivity index (χ3v) is 3.89. The van der Waals surface area contributed by atoms with Crippen molar-refractivity contribution in [3.8, 4) is 0 Å². The molecule has 0 bridgehead atoms. The van der Waals surface area contributed by atoms with Crippen LogP contribution in [0.1, 0.15) is 56.7 Å². The van der Waals surface area contributed by atoms with Gasteiger partial charge < -0.3 is 0 Å². The molecule has 0 fully saturated rings. The standard InChI is InChI=1S/C19H26.H2O4S/c1-4-9-15-14-16-12-7-8-13-18(16)19(11-6-3)17(15)10-5-2;1-5(2,3)4/h7-8,12-14H,4-6,9-11H2,1-3H3;(H2,1,2,3,4). The molecule has 0 unspecified atom stereocenters. The molecule has 0 aromatic heterocycles. The third kappa shape index (κ3) is 6.59. The molecule has 0 saturated carbocycles. The summed E-state index contributed by atoms with van der Waals surface area (Å²) in [6, 6.07) is 11.3. The maximum Gasteiger partial charge on any atom is 0.394 e. The van der Waals surface area contributed by atoms with Gasteiger partial charge in [0.25, 0.3) is 0 Å². The summed E-state index contributed by atoms with van der Waals surface area (Å²) in [5, 5.41) is 2.90. The second kappa shape index (κ2) is 9.77. The first-order valence-electron chi connectivity index (χ1n) is 8.54. The Morgan fingerprint density at radius 3 is 1.88 bits per heavy atom.